The molecule has 78 valence electrons. The van der Waals surface area contributed by atoms with Crippen LogP contribution in [0.3, 0.4) is 0 Å². The monoisotopic (exact) mass is 222 g/mol. The molecule has 2 heterocycles. The summed E-state index contributed by atoms with van der Waals surface area (Å²) in [7, 11) is 3.23. The summed E-state index contributed by atoms with van der Waals surface area (Å²) >= 11 is 1.48. The molecule has 0 saturated heterocycles. The van der Waals surface area contributed by atoms with Crippen LogP contribution in [0.25, 0.3) is 10.6 Å². The number of ether oxygens (including phenoxy) is 1. The van der Waals surface area contributed by atoms with Crippen molar-refractivity contribution in [1.29, 1.82) is 0 Å². The molecule has 0 bridgehead atoms. The molecule has 2 rings (SSSR count). The van der Waals surface area contributed by atoms with E-state index in [2.05, 4.69) is 9.84 Å². The number of thiophene rings is 1. The third-order valence-electron chi connectivity index (χ3n) is 1.99. The number of aryl methyl sites for hydroxylation is 1. The predicted octanol–water partition coefficient (Wildman–Crippen LogP) is 1.94. The van der Waals surface area contributed by atoms with Crippen molar-refractivity contribution in [3.8, 4) is 10.6 Å². The van der Waals surface area contributed by atoms with Crippen molar-refractivity contribution in [2.75, 3.05) is 7.11 Å². The standard InChI is InChI=1S/C10H10N2O2S/c1-12-4-3-8(11-12)9-5-7(6-15-9)10(13)14-2/h3-6H,1-2H3. The van der Waals surface area contributed by atoms with E-state index in [0.29, 0.717) is 5.56 Å². The van der Waals surface area contributed by atoms with Crippen molar-refractivity contribution in [3.63, 3.8) is 0 Å². The molecule has 0 aliphatic carbocycles. The Morgan fingerprint density at radius 1 is 1.60 bits per heavy atom. The highest BCUT2D eigenvalue weighted by atomic mass is 32.1. The fourth-order valence-corrected chi connectivity index (χ4v) is 2.08. The first-order valence-corrected chi connectivity index (χ1v) is 5.25. The van der Waals surface area contributed by atoms with Crippen LogP contribution in [-0.2, 0) is 11.8 Å². The van der Waals surface area contributed by atoms with Crippen LogP contribution >= 0.6 is 11.3 Å². The average Bonchev–Trinajstić information content (AvgIpc) is 2.84. The summed E-state index contributed by atoms with van der Waals surface area (Å²) in [5, 5.41) is 6.03. The number of carbonyl (C=O) groups is 1. The molecule has 15 heavy (non-hydrogen) atoms. The number of hydrogen-bond donors (Lipinski definition) is 0. The Balaban J connectivity index is 2.31. The van der Waals surface area contributed by atoms with Crippen LogP contribution < -0.4 is 0 Å². The zero-order valence-corrected chi connectivity index (χ0v) is 9.25. The average molecular weight is 222 g/mol. The van der Waals surface area contributed by atoms with Gasteiger partial charge in [-0.05, 0) is 12.1 Å². The van der Waals surface area contributed by atoms with E-state index in [9.17, 15) is 4.79 Å². The third kappa shape index (κ3) is 1.92. The van der Waals surface area contributed by atoms with E-state index >= 15 is 0 Å². The maximum Gasteiger partial charge on any atom is 0.338 e. The first-order valence-electron chi connectivity index (χ1n) is 4.37. The van der Waals surface area contributed by atoms with Gasteiger partial charge in [-0.3, -0.25) is 4.68 Å². The Kier molecular flexibility index (Phi) is 2.55. The van der Waals surface area contributed by atoms with Crippen LogP contribution in [0.2, 0.25) is 0 Å². The Hall–Kier alpha value is -1.62. The molecule has 0 radical (unpaired) electrons. The lowest BCUT2D eigenvalue weighted by Crippen LogP contribution is -1.98. The van der Waals surface area contributed by atoms with E-state index in [1.54, 1.807) is 16.1 Å². The first-order chi connectivity index (χ1) is 7.20. The van der Waals surface area contributed by atoms with Gasteiger partial charge in [-0.15, -0.1) is 11.3 Å². The van der Waals surface area contributed by atoms with Crippen LogP contribution in [0.1, 0.15) is 10.4 Å². The molecule has 0 N–H and O–H groups in total. The minimum absolute atomic E-state index is 0.312. The SMILES string of the molecule is COC(=O)c1csc(-c2ccn(C)n2)c1. The molecule has 0 fully saturated rings. The molecule has 0 saturated carbocycles. The molecule has 0 unspecified atom stereocenters. The number of hydrogen-bond acceptors (Lipinski definition) is 4. The number of aromatic nitrogens is 2. The van der Waals surface area contributed by atoms with Gasteiger partial charge in [-0.2, -0.15) is 5.10 Å². The normalized spacial score (nSPS) is 10.3. The van der Waals surface area contributed by atoms with Crippen molar-refractivity contribution in [2.45, 2.75) is 0 Å². The number of rotatable bonds is 2. The Labute approximate surface area is 91.1 Å². The number of carbonyl (C=O) groups excluding carboxylic acids is 1. The van der Waals surface area contributed by atoms with E-state index < -0.39 is 0 Å². The van der Waals surface area contributed by atoms with Crippen molar-refractivity contribution < 1.29 is 9.53 Å². The van der Waals surface area contributed by atoms with Gasteiger partial charge in [0.1, 0.15) is 5.69 Å². The molecule has 2 aromatic heterocycles. The molecule has 5 heteroatoms. The van der Waals surface area contributed by atoms with Gasteiger partial charge in [0.2, 0.25) is 0 Å². The van der Waals surface area contributed by atoms with Crippen molar-refractivity contribution in [3.05, 3.63) is 29.3 Å². The largest absolute Gasteiger partial charge is 0.465 e. The molecule has 0 spiro atoms. The number of methoxy groups -OCH3 is 1. The summed E-state index contributed by atoms with van der Waals surface area (Å²) in [4.78, 5) is 12.2. The van der Waals surface area contributed by atoms with Gasteiger partial charge in [-0.1, -0.05) is 0 Å². The predicted molar refractivity (Wildman–Crippen MR) is 57.9 cm³/mol. The molecule has 0 aromatic carbocycles. The van der Waals surface area contributed by atoms with Crippen LogP contribution in [0.15, 0.2) is 23.7 Å². The summed E-state index contributed by atoms with van der Waals surface area (Å²) in [5.41, 5.74) is 1.45. The molecule has 0 aliphatic rings. The summed E-state index contributed by atoms with van der Waals surface area (Å²) in [6.07, 6.45) is 1.87. The maximum atomic E-state index is 11.2. The van der Waals surface area contributed by atoms with E-state index in [1.165, 1.54) is 18.4 Å². The molecule has 0 amide bonds. The summed E-state index contributed by atoms with van der Waals surface area (Å²) < 4.78 is 6.36. The lowest BCUT2D eigenvalue weighted by atomic mass is 10.3. The topological polar surface area (TPSA) is 44.1 Å². The smallest absolute Gasteiger partial charge is 0.338 e. The lowest BCUT2D eigenvalue weighted by Gasteiger charge is -1.92. The highest BCUT2D eigenvalue weighted by Gasteiger charge is 2.10. The quantitative estimate of drug-likeness (QED) is 0.729. The first kappa shape index (κ1) is 9.92. The maximum absolute atomic E-state index is 11.2. The second kappa shape index (κ2) is 3.86. The Bertz CT molecular complexity index is 487. The van der Waals surface area contributed by atoms with Crippen LogP contribution in [-0.4, -0.2) is 22.9 Å². The Morgan fingerprint density at radius 3 is 3.00 bits per heavy atom. The summed E-state index contributed by atoms with van der Waals surface area (Å²) in [6, 6.07) is 3.70. The highest BCUT2D eigenvalue weighted by molar-refractivity contribution is 7.13. The van der Waals surface area contributed by atoms with Gasteiger partial charge in [0, 0.05) is 18.6 Å². The van der Waals surface area contributed by atoms with Crippen molar-refractivity contribution in [2.24, 2.45) is 7.05 Å². The zero-order chi connectivity index (χ0) is 10.8. The molecule has 4 nitrogen and oxygen atoms in total. The van der Waals surface area contributed by atoms with E-state index in [4.69, 9.17) is 0 Å². The molecule has 0 aliphatic heterocycles. The number of esters is 1. The number of nitrogens with zero attached hydrogens (tertiary/aromatic N) is 2. The van der Waals surface area contributed by atoms with Gasteiger partial charge in [0.25, 0.3) is 0 Å². The van der Waals surface area contributed by atoms with Crippen LogP contribution in [0, 0.1) is 0 Å². The molecular formula is C10H10N2O2S. The van der Waals surface area contributed by atoms with E-state index in [1.807, 2.05) is 19.3 Å². The van der Waals surface area contributed by atoms with Gasteiger partial charge in [-0.25, -0.2) is 4.79 Å². The second-order valence-electron chi connectivity index (χ2n) is 3.07. The van der Waals surface area contributed by atoms with Crippen LogP contribution in [0.5, 0.6) is 0 Å². The highest BCUT2D eigenvalue weighted by Crippen LogP contribution is 2.25. The molecular weight excluding hydrogens is 212 g/mol. The minimum Gasteiger partial charge on any atom is -0.465 e. The van der Waals surface area contributed by atoms with Crippen molar-refractivity contribution in [1.82, 2.24) is 9.78 Å². The Morgan fingerprint density at radius 2 is 2.40 bits per heavy atom. The van der Waals surface area contributed by atoms with Gasteiger partial charge in [0.05, 0.1) is 17.6 Å². The van der Waals surface area contributed by atoms with Gasteiger partial charge >= 0.3 is 5.97 Å². The fraction of sp³-hybridized carbons (Fsp3) is 0.200. The van der Waals surface area contributed by atoms with E-state index in [-0.39, 0.29) is 5.97 Å². The summed E-state index contributed by atoms with van der Waals surface area (Å²) in [6.45, 7) is 0. The molecule has 2 aromatic rings. The zero-order valence-electron chi connectivity index (χ0n) is 8.43. The lowest BCUT2D eigenvalue weighted by molar-refractivity contribution is 0.0601. The minimum atomic E-state index is -0.312. The van der Waals surface area contributed by atoms with E-state index in [0.717, 1.165) is 10.6 Å². The third-order valence-corrected chi connectivity index (χ3v) is 2.94. The van der Waals surface area contributed by atoms with Crippen LogP contribution in [0.4, 0.5) is 0 Å². The molecule has 0 atom stereocenters. The van der Waals surface area contributed by atoms with Crippen molar-refractivity contribution >= 4 is 17.3 Å². The fourth-order valence-electron chi connectivity index (χ4n) is 1.24. The summed E-state index contributed by atoms with van der Waals surface area (Å²) in [5.74, 6) is -0.312. The van der Waals surface area contributed by atoms with Gasteiger partial charge in [0.15, 0.2) is 0 Å². The second-order valence-corrected chi connectivity index (χ2v) is 3.98. The van der Waals surface area contributed by atoms with Gasteiger partial charge < -0.3 is 4.74 Å².